The van der Waals surface area contributed by atoms with Crippen LogP contribution in [0.15, 0.2) is 10.5 Å². The number of aliphatic imine (C=N–C) groups is 1. The van der Waals surface area contributed by atoms with Crippen molar-refractivity contribution in [1.29, 1.82) is 0 Å². The molecular formula is C15H25N5OS. The van der Waals surface area contributed by atoms with E-state index in [9.17, 15) is 4.79 Å². The molecule has 1 fully saturated rings. The highest BCUT2D eigenvalue weighted by molar-refractivity contribution is 7.11. The molecule has 1 aliphatic rings. The second kappa shape index (κ2) is 8.12. The van der Waals surface area contributed by atoms with E-state index in [0.717, 1.165) is 30.7 Å². The fraction of sp³-hybridized carbons (Fsp3) is 0.667. The molecule has 1 saturated heterocycles. The summed E-state index contributed by atoms with van der Waals surface area (Å²) in [6, 6.07) is 0. The van der Waals surface area contributed by atoms with Crippen LogP contribution in [0.25, 0.3) is 0 Å². The highest BCUT2D eigenvalue weighted by atomic mass is 32.1. The first kappa shape index (κ1) is 16.7. The van der Waals surface area contributed by atoms with Crippen molar-refractivity contribution in [3.05, 3.63) is 16.1 Å². The largest absolute Gasteiger partial charge is 0.354 e. The lowest BCUT2D eigenvalue weighted by atomic mass is 10.00. The summed E-state index contributed by atoms with van der Waals surface area (Å²) in [5.41, 5.74) is 2.48. The minimum Gasteiger partial charge on any atom is -0.354 e. The van der Waals surface area contributed by atoms with Crippen LogP contribution in [0, 0.1) is 12.8 Å². The molecule has 0 saturated carbocycles. The number of aromatic nitrogens is 1. The van der Waals surface area contributed by atoms with E-state index in [-0.39, 0.29) is 5.91 Å². The van der Waals surface area contributed by atoms with Gasteiger partial charge in [0.15, 0.2) is 5.96 Å². The van der Waals surface area contributed by atoms with Gasteiger partial charge in [0.1, 0.15) is 4.88 Å². The molecule has 1 aliphatic heterocycles. The molecule has 0 unspecified atom stereocenters. The smallest absolute Gasteiger partial charge is 0.263 e. The Balaban J connectivity index is 1.71. The van der Waals surface area contributed by atoms with Crippen molar-refractivity contribution in [2.24, 2.45) is 10.9 Å². The maximum atomic E-state index is 12.0. The molecule has 2 N–H and O–H groups in total. The number of nitrogens with zero attached hydrogens (tertiary/aromatic N) is 3. The van der Waals surface area contributed by atoms with E-state index < -0.39 is 0 Å². The molecule has 0 aromatic carbocycles. The Morgan fingerprint density at radius 3 is 2.68 bits per heavy atom. The summed E-state index contributed by atoms with van der Waals surface area (Å²) in [7, 11) is 1.81. The molecule has 122 valence electrons. The first-order valence-corrected chi connectivity index (χ1v) is 8.63. The third-order valence-electron chi connectivity index (χ3n) is 3.94. The van der Waals surface area contributed by atoms with Gasteiger partial charge >= 0.3 is 0 Å². The van der Waals surface area contributed by atoms with E-state index in [4.69, 9.17) is 0 Å². The van der Waals surface area contributed by atoms with Crippen LogP contribution >= 0.6 is 11.3 Å². The van der Waals surface area contributed by atoms with Crippen molar-refractivity contribution in [2.75, 3.05) is 33.2 Å². The summed E-state index contributed by atoms with van der Waals surface area (Å²) in [5, 5.41) is 6.23. The minimum absolute atomic E-state index is 0.0522. The molecule has 1 amide bonds. The van der Waals surface area contributed by atoms with E-state index in [1.54, 1.807) is 12.6 Å². The molecule has 1 aromatic rings. The van der Waals surface area contributed by atoms with E-state index in [1.807, 2.05) is 6.92 Å². The van der Waals surface area contributed by atoms with Gasteiger partial charge in [-0.05, 0) is 25.7 Å². The number of carbonyl (C=O) groups excluding carboxylic acids is 1. The lowest BCUT2D eigenvalue weighted by molar-refractivity contribution is 0.0957. The summed E-state index contributed by atoms with van der Waals surface area (Å²) in [6.07, 6.45) is 2.42. The van der Waals surface area contributed by atoms with E-state index in [1.165, 1.54) is 24.2 Å². The third-order valence-corrected chi connectivity index (χ3v) is 4.87. The van der Waals surface area contributed by atoms with Gasteiger partial charge in [-0.2, -0.15) is 0 Å². The first-order chi connectivity index (χ1) is 10.6. The molecule has 0 radical (unpaired) electrons. The first-order valence-electron chi connectivity index (χ1n) is 7.75. The van der Waals surface area contributed by atoms with Gasteiger partial charge in [-0.15, -0.1) is 11.3 Å². The maximum absolute atomic E-state index is 12.0. The zero-order valence-electron chi connectivity index (χ0n) is 13.6. The SMILES string of the molecule is CN=C(NCCNC(=O)c1scnc1C)N1CCC(C)CC1. The third kappa shape index (κ3) is 4.43. The van der Waals surface area contributed by atoms with E-state index in [0.29, 0.717) is 18.0 Å². The van der Waals surface area contributed by atoms with Crippen molar-refractivity contribution in [2.45, 2.75) is 26.7 Å². The number of piperidine rings is 1. The van der Waals surface area contributed by atoms with Gasteiger partial charge in [0.05, 0.1) is 11.2 Å². The number of rotatable bonds is 4. The quantitative estimate of drug-likeness (QED) is 0.500. The Kier molecular flexibility index (Phi) is 6.18. The topological polar surface area (TPSA) is 69.6 Å². The summed E-state index contributed by atoms with van der Waals surface area (Å²) in [4.78, 5) is 23.4. The van der Waals surface area contributed by atoms with Crippen molar-refractivity contribution >= 4 is 23.2 Å². The van der Waals surface area contributed by atoms with Gasteiger partial charge in [-0.25, -0.2) is 4.98 Å². The lowest BCUT2D eigenvalue weighted by Crippen LogP contribution is -2.47. The lowest BCUT2D eigenvalue weighted by Gasteiger charge is -2.32. The Bertz CT molecular complexity index is 520. The number of hydrogen-bond acceptors (Lipinski definition) is 4. The van der Waals surface area contributed by atoms with Crippen LogP contribution < -0.4 is 10.6 Å². The number of thiazole rings is 1. The van der Waals surface area contributed by atoms with Gasteiger partial charge < -0.3 is 15.5 Å². The molecule has 2 heterocycles. The molecule has 7 heteroatoms. The predicted molar refractivity (Wildman–Crippen MR) is 90.5 cm³/mol. The maximum Gasteiger partial charge on any atom is 0.263 e. The van der Waals surface area contributed by atoms with Crippen LogP contribution in [0.5, 0.6) is 0 Å². The second-order valence-electron chi connectivity index (χ2n) is 5.67. The Hall–Kier alpha value is -1.63. The Morgan fingerprint density at radius 2 is 2.09 bits per heavy atom. The zero-order chi connectivity index (χ0) is 15.9. The van der Waals surface area contributed by atoms with Crippen LogP contribution in [-0.2, 0) is 0 Å². The molecule has 0 spiro atoms. The number of carbonyl (C=O) groups is 1. The molecule has 6 nitrogen and oxygen atoms in total. The number of nitrogens with one attached hydrogen (secondary N) is 2. The molecular weight excluding hydrogens is 298 g/mol. The van der Waals surface area contributed by atoms with E-state index in [2.05, 4.69) is 32.4 Å². The summed E-state index contributed by atoms with van der Waals surface area (Å²) in [5.74, 6) is 1.68. The summed E-state index contributed by atoms with van der Waals surface area (Å²) in [6.45, 7) is 7.48. The normalized spacial score (nSPS) is 16.7. The molecule has 0 aliphatic carbocycles. The van der Waals surface area contributed by atoms with Crippen molar-refractivity contribution in [3.8, 4) is 0 Å². The molecule has 2 rings (SSSR count). The van der Waals surface area contributed by atoms with Crippen molar-refractivity contribution < 1.29 is 4.79 Å². The summed E-state index contributed by atoms with van der Waals surface area (Å²) < 4.78 is 0. The Morgan fingerprint density at radius 1 is 1.41 bits per heavy atom. The van der Waals surface area contributed by atoms with Gasteiger partial charge in [0, 0.05) is 33.2 Å². The predicted octanol–water partition coefficient (Wildman–Crippen LogP) is 1.49. The fourth-order valence-electron chi connectivity index (χ4n) is 2.50. The monoisotopic (exact) mass is 323 g/mol. The van der Waals surface area contributed by atoms with Gasteiger partial charge in [-0.1, -0.05) is 6.92 Å². The minimum atomic E-state index is -0.0522. The van der Waals surface area contributed by atoms with Crippen molar-refractivity contribution in [1.82, 2.24) is 20.5 Å². The van der Waals surface area contributed by atoms with Crippen LogP contribution in [0.3, 0.4) is 0 Å². The standard InChI is InChI=1S/C15H25N5OS/c1-11-4-8-20(9-5-11)15(16-3)18-7-6-17-14(21)13-12(2)19-10-22-13/h10-11H,4-9H2,1-3H3,(H,16,18)(H,17,21). The molecule has 0 bridgehead atoms. The van der Waals surface area contributed by atoms with Crippen LogP contribution in [0.2, 0.25) is 0 Å². The van der Waals surface area contributed by atoms with Crippen LogP contribution in [0.4, 0.5) is 0 Å². The highest BCUT2D eigenvalue weighted by Crippen LogP contribution is 2.15. The average molecular weight is 323 g/mol. The average Bonchev–Trinajstić information content (AvgIpc) is 2.94. The number of guanidine groups is 1. The Labute approximate surface area is 136 Å². The highest BCUT2D eigenvalue weighted by Gasteiger charge is 2.18. The number of hydrogen-bond donors (Lipinski definition) is 2. The summed E-state index contributed by atoms with van der Waals surface area (Å²) >= 11 is 1.37. The van der Waals surface area contributed by atoms with Crippen molar-refractivity contribution in [3.63, 3.8) is 0 Å². The molecule has 22 heavy (non-hydrogen) atoms. The number of likely N-dealkylation sites (tertiary alicyclic amines) is 1. The van der Waals surface area contributed by atoms with Crippen LogP contribution in [0.1, 0.15) is 35.1 Å². The fourth-order valence-corrected chi connectivity index (χ4v) is 3.22. The second-order valence-corrected chi connectivity index (χ2v) is 6.52. The molecule has 0 atom stereocenters. The van der Waals surface area contributed by atoms with Gasteiger partial charge in [0.2, 0.25) is 0 Å². The van der Waals surface area contributed by atoms with E-state index >= 15 is 0 Å². The zero-order valence-corrected chi connectivity index (χ0v) is 14.4. The van der Waals surface area contributed by atoms with Crippen LogP contribution in [-0.4, -0.2) is 55.0 Å². The number of aryl methyl sites for hydroxylation is 1. The van der Waals surface area contributed by atoms with Gasteiger partial charge in [0.25, 0.3) is 5.91 Å². The molecule has 1 aromatic heterocycles. The van der Waals surface area contributed by atoms with Gasteiger partial charge in [-0.3, -0.25) is 9.79 Å². The number of amides is 1.